The highest BCUT2D eigenvalue weighted by molar-refractivity contribution is 5.78. The summed E-state index contributed by atoms with van der Waals surface area (Å²) >= 11 is 0. The fraction of sp³-hybridized carbons (Fsp3) is 0.938. The van der Waals surface area contributed by atoms with E-state index in [2.05, 4.69) is 36.3 Å². The van der Waals surface area contributed by atoms with Crippen LogP contribution in [0, 0.1) is 5.92 Å². The number of hydrogen-bond donors (Lipinski definition) is 2. The first kappa shape index (κ1) is 17.4. The van der Waals surface area contributed by atoms with Gasteiger partial charge in [0.05, 0.1) is 6.54 Å². The summed E-state index contributed by atoms with van der Waals surface area (Å²) in [5, 5.41) is 6.55. The van der Waals surface area contributed by atoms with Crippen molar-refractivity contribution in [2.24, 2.45) is 5.92 Å². The molecule has 1 heterocycles. The highest BCUT2D eigenvalue weighted by Crippen LogP contribution is 2.13. The molecule has 0 aromatic heterocycles. The van der Waals surface area contributed by atoms with Gasteiger partial charge in [-0.1, -0.05) is 20.8 Å². The Morgan fingerprint density at radius 1 is 1.25 bits per heavy atom. The zero-order chi connectivity index (χ0) is 14.8. The minimum absolute atomic E-state index is 0.195. The van der Waals surface area contributed by atoms with Gasteiger partial charge in [-0.3, -0.25) is 9.69 Å². The minimum atomic E-state index is 0.195. The highest BCUT2D eigenvalue weighted by Gasteiger charge is 2.19. The van der Waals surface area contributed by atoms with E-state index in [1.54, 1.807) is 0 Å². The van der Waals surface area contributed by atoms with Crippen molar-refractivity contribution in [2.75, 3.05) is 32.7 Å². The van der Waals surface area contributed by atoms with Crippen molar-refractivity contribution in [3.05, 3.63) is 0 Å². The maximum absolute atomic E-state index is 12.1. The lowest BCUT2D eigenvalue weighted by Crippen LogP contribution is -2.44. The Kier molecular flexibility index (Phi) is 8.86. The predicted octanol–water partition coefficient (Wildman–Crippen LogP) is 2.00. The van der Waals surface area contributed by atoms with Crippen LogP contribution in [0.15, 0.2) is 0 Å². The maximum atomic E-state index is 12.1. The van der Waals surface area contributed by atoms with Crippen LogP contribution in [0.1, 0.15) is 52.9 Å². The maximum Gasteiger partial charge on any atom is 0.234 e. The number of nitrogens with one attached hydrogen (secondary N) is 2. The fourth-order valence-corrected chi connectivity index (χ4v) is 2.95. The zero-order valence-electron chi connectivity index (χ0n) is 13.6. The summed E-state index contributed by atoms with van der Waals surface area (Å²) in [5.74, 6) is 0.949. The molecule has 1 fully saturated rings. The summed E-state index contributed by atoms with van der Waals surface area (Å²) in [7, 11) is 0. The summed E-state index contributed by atoms with van der Waals surface area (Å²) in [6.07, 6.45) is 5.64. The standard InChI is InChI=1S/C16H33N3O/c1-4-11-19(12-14-7-9-17-10-8-14)13-16(20)18-15(5-2)6-3/h14-15,17H,4-13H2,1-3H3,(H,18,20). The number of carbonyl (C=O) groups excluding carboxylic acids is 1. The molecule has 0 aromatic carbocycles. The quantitative estimate of drug-likeness (QED) is 0.680. The van der Waals surface area contributed by atoms with Gasteiger partial charge in [0.15, 0.2) is 0 Å². The first-order valence-corrected chi connectivity index (χ1v) is 8.41. The highest BCUT2D eigenvalue weighted by atomic mass is 16.2. The van der Waals surface area contributed by atoms with Crippen molar-refractivity contribution in [1.82, 2.24) is 15.5 Å². The third kappa shape index (κ3) is 6.71. The minimum Gasteiger partial charge on any atom is -0.352 e. The zero-order valence-corrected chi connectivity index (χ0v) is 13.6. The normalized spacial score (nSPS) is 16.9. The molecule has 0 saturated carbocycles. The second-order valence-corrected chi connectivity index (χ2v) is 6.01. The fourth-order valence-electron chi connectivity index (χ4n) is 2.95. The van der Waals surface area contributed by atoms with Crippen molar-refractivity contribution >= 4 is 5.91 Å². The second kappa shape index (κ2) is 10.2. The van der Waals surface area contributed by atoms with Crippen LogP contribution in [0.4, 0.5) is 0 Å². The number of nitrogens with zero attached hydrogens (tertiary/aromatic N) is 1. The molecular formula is C16H33N3O. The molecule has 0 unspecified atom stereocenters. The smallest absolute Gasteiger partial charge is 0.234 e. The summed E-state index contributed by atoms with van der Waals surface area (Å²) in [6, 6.07) is 0.338. The molecule has 1 amide bonds. The number of rotatable bonds is 9. The molecule has 0 atom stereocenters. The molecule has 118 valence electrons. The molecule has 0 aliphatic carbocycles. The van der Waals surface area contributed by atoms with Crippen LogP contribution in [0.3, 0.4) is 0 Å². The van der Waals surface area contributed by atoms with E-state index in [1.807, 2.05) is 0 Å². The van der Waals surface area contributed by atoms with E-state index in [1.165, 1.54) is 12.8 Å². The molecule has 4 heteroatoms. The van der Waals surface area contributed by atoms with Gasteiger partial charge in [-0.2, -0.15) is 0 Å². The topological polar surface area (TPSA) is 44.4 Å². The van der Waals surface area contributed by atoms with Gasteiger partial charge in [-0.25, -0.2) is 0 Å². The number of hydrogen-bond acceptors (Lipinski definition) is 3. The first-order chi connectivity index (χ1) is 9.69. The van der Waals surface area contributed by atoms with Gasteiger partial charge in [-0.05, 0) is 57.7 Å². The van der Waals surface area contributed by atoms with Crippen molar-refractivity contribution in [3.8, 4) is 0 Å². The monoisotopic (exact) mass is 283 g/mol. The van der Waals surface area contributed by atoms with Crippen LogP contribution in [-0.2, 0) is 4.79 Å². The number of carbonyl (C=O) groups is 1. The molecule has 0 aromatic rings. The van der Waals surface area contributed by atoms with E-state index in [0.717, 1.165) is 51.4 Å². The van der Waals surface area contributed by atoms with Gasteiger partial charge in [-0.15, -0.1) is 0 Å². The molecule has 1 aliphatic heterocycles. The summed E-state index contributed by atoms with van der Waals surface area (Å²) in [4.78, 5) is 14.5. The van der Waals surface area contributed by atoms with Gasteiger partial charge < -0.3 is 10.6 Å². The molecular weight excluding hydrogens is 250 g/mol. The second-order valence-electron chi connectivity index (χ2n) is 6.01. The lowest BCUT2D eigenvalue weighted by atomic mass is 9.97. The average molecular weight is 283 g/mol. The van der Waals surface area contributed by atoms with Gasteiger partial charge in [0.2, 0.25) is 5.91 Å². The Bertz CT molecular complexity index is 260. The SMILES string of the molecule is CCCN(CC(=O)NC(CC)CC)CC1CCNCC1. The Morgan fingerprint density at radius 2 is 1.90 bits per heavy atom. The van der Waals surface area contributed by atoms with Crippen molar-refractivity contribution < 1.29 is 4.79 Å². The van der Waals surface area contributed by atoms with Crippen molar-refractivity contribution in [3.63, 3.8) is 0 Å². The third-order valence-electron chi connectivity index (χ3n) is 4.23. The molecule has 20 heavy (non-hydrogen) atoms. The van der Waals surface area contributed by atoms with E-state index in [9.17, 15) is 4.79 Å². The van der Waals surface area contributed by atoms with E-state index < -0.39 is 0 Å². The van der Waals surface area contributed by atoms with Crippen LogP contribution >= 0.6 is 0 Å². The predicted molar refractivity (Wildman–Crippen MR) is 84.8 cm³/mol. The largest absolute Gasteiger partial charge is 0.352 e. The van der Waals surface area contributed by atoms with Crippen LogP contribution in [0.5, 0.6) is 0 Å². The third-order valence-corrected chi connectivity index (χ3v) is 4.23. The molecule has 4 nitrogen and oxygen atoms in total. The Hall–Kier alpha value is -0.610. The van der Waals surface area contributed by atoms with Gasteiger partial charge >= 0.3 is 0 Å². The molecule has 0 spiro atoms. The Balaban J connectivity index is 2.38. The number of amides is 1. The Labute approximate surface area is 124 Å². The summed E-state index contributed by atoms with van der Waals surface area (Å²) in [6.45, 7) is 11.4. The van der Waals surface area contributed by atoms with Crippen molar-refractivity contribution in [1.29, 1.82) is 0 Å². The molecule has 0 radical (unpaired) electrons. The number of piperidine rings is 1. The van der Waals surface area contributed by atoms with E-state index >= 15 is 0 Å². The van der Waals surface area contributed by atoms with E-state index in [4.69, 9.17) is 0 Å². The van der Waals surface area contributed by atoms with E-state index in [-0.39, 0.29) is 5.91 Å². The lowest BCUT2D eigenvalue weighted by molar-refractivity contribution is -0.123. The van der Waals surface area contributed by atoms with Gasteiger partial charge in [0.1, 0.15) is 0 Å². The van der Waals surface area contributed by atoms with E-state index in [0.29, 0.717) is 12.6 Å². The van der Waals surface area contributed by atoms with Gasteiger partial charge in [0.25, 0.3) is 0 Å². The molecule has 1 saturated heterocycles. The van der Waals surface area contributed by atoms with Crippen LogP contribution in [0.25, 0.3) is 0 Å². The van der Waals surface area contributed by atoms with Crippen LogP contribution in [0.2, 0.25) is 0 Å². The van der Waals surface area contributed by atoms with Crippen LogP contribution in [-0.4, -0.2) is 49.6 Å². The first-order valence-electron chi connectivity index (χ1n) is 8.41. The van der Waals surface area contributed by atoms with Crippen molar-refractivity contribution in [2.45, 2.75) is 58.9 Å². The molecule has 2 N–H and O–H groups in total. The molecule has 1 aliphatic rings. The van der Waals surface area contributed by atoms with Crippen LogP contribution < -0.4 is 10.6 Å². The molecule has 0 bridgehead atoms. The van der Waals surface area contributed by atoms with Gasteiger partial charge in [0, 0.05) is 12.6 Å². The molecule has 1 rings (SSSR count). The average Bonchev–Trinajstić information content (AvgIpc) is 2.46. The summed E-state index contributed by atoms with van der Waals surface area (Å²) in [5.41, 5.74) is 0. The lowest BCUT2D eigenvalue weighted by Gasteiger charge is -2.30. The Morgan fingerprint density at radius 3 is 2.45 bits per heavy atom. The summed E-state index contributed by atoms with van der Waals surface area (Å²) < 4.78 is 0.